The second-order valence-electron chi connectivity index (χ2n) is 5.91. The lowest BCUT2D eigenvalue weighted by molar-refractivity contribution is 0.0907. The Hall–Kier alpha value is -3.74. The first-order chi connectivity index (χ1) is 13.6. The highest BCUT2D eigenvalue weighted by atomic mass is 16.5. The predicted molar refractivity (Wildman–Crippen MR) is 102 cm³/mol. The van der Waals surface area contributed by atoms with Crippen LogP contribution in [0.1, 0.15) is 26.5 Å². The van der Waals surface area contributed by atoms with E-state index in [1.54, 1.807) is 18.2 Å². The van der Waals surface area contributed by atoms with Crippen molar-refractivity contribution >= 4 is 11.8 Å². The van der Waals surface area contributed by atoms with Gasteiger partial charge in [0.2, 0.25) is 0 Å². The van der Waals surface area contributed by atoms with Gasteiger partial charge in [0.1, 0.15) is 18.1 Å². The van der Waals surface area contributed by atoms with Crippen LogP contribution in [0.15, 0.2) is 71.3 Å². The van der Waals surface area contributed by atoms with Crippen molar-refractivity contribution in [2.45, 2.75) is 6.61 Å². The molecule has 0 radical (unpaired) electrons. The molecule has 0 saturated heterocycles. The minimum atomic E-state index is -0.415. The van der Waals surface area contributed by atoms with Gasteiger partial charge in [-0.25, -0.2) is 0 Å². The molecule has 3 aromatic rings. The second kappa shape index (κ2) is 9.27. The summed E-state index contributed by atoms with van der Waals surface area (Å²) in [5.74, 6) is -0.0386. The molecule has 0 bridgehead atoms. The zero-order chi connectivity index (χ0) is 19.8. The quantitative estimate of drug-likeness (QED) is 0.522. The molecule has 28 heavy (non-hydrogen) atoms. The monoisotopic (exact) mass is 380 g/mol. The highest BCUT2D eigenvalue weighted by Crippen LogP contribution is 2.16. The van der Waals surface area contributed by atoms with Gasteiger partial charge in [0, 0.05) is 18.7 Å². The van der Waals surface area contributed by atoms with Gasteiger partial charge < -0.3 is 24.9 Å². The average Bonchev–Trinajstić information content (AvgIpc) is 3.19. The van der Waals surface area contributed by atoms with Crippen molar-refractivity contribution in [1.29, 1.82) is 0 Å². The Morgan fingerprint density at radius 3 is 2.32 bits per heavy atom. The fraction of sp³-hybridized carbons (Fsp3) is 0.143. The van der Waals surface area contributed by atoms with Crippen LogP contribution in [0.3, 0.4) is 0 Å². The summed E-state index contributed by atoms with van der Waals surface area (Å²) < 4.78 is 10.9. The third-order valence-corrected chi connectivity index (χ3v) is 3.94. The van der Waals surface area contributed by atoms with Gasteiger partial charge in [-0.2, -0.15) is 0 Å². The lowest BCUT2D eigenvalue weighted by atomic mass is 10.2. The van der Waals surface area contributed by atoms with Crippen LogP contribution < -0.4 is 15.4 Å². The highest BCUT2D eigenvalue weighted by Gasteiger charge is 2.16. The number of furan rings is 1. The number of carbonyl (C=O) groups is 2. The molecule has 3 N–H and O–H groups in total. The average molecular weight is 380 g/mol. The summed E-state index contributed by atoms with van der Waals surface area (Å²) in [4.78, 5) is 24.3. The van der Waals surface area contributed by atoms with E-state index in [2.05, 4.69) is 10.6 Å². The fourth-order valence-electron chi connectivity index (χ4n) is 2.52. The molecule has 144 valence electrons. The van der Waals surface area contributed by atoms with Crippen LogP contribution in [-0.2, 0) is 6.61 Å². The number of hydrogen-bond acceptors (Lipinski definition) is 5. The molecular formula is C21H20N2O5. The summed E-state index contributed by atoms with van der Waals surface area (Å²) in [6.45, 7) is 0.612. The van der Waals surface area contributed by atoms with Crippen LogP contribution in [0.5, 0.6) is 11.5 Å². The van der Waals surface area contributed by atoms with Gasteiger partial charge in [-0.1, -0.05) is 30.3 Å². The highest BCUT2D eigenvalue weighted by molar-refractivity contribution is 5.96. The van der Waals surface area contributed by atoms with Gasteiger partial charge in [-0.05, 0) is 30.3 Å². The van der Waals surface area contributed by atoms with Gasteiger partial charge in [0.25, 0.3) is 11.8 Å². The topological polar surface area (TPSA) is 101 Å². The number of ether oxygens (including phenoxy) is 1. The van der Waals surface area contributed by atoms with E-state index in [9.17, 15) is 14.7 Å². The number of amides is 2. The molecule has 0 unspecified atom stereocenters. The first-order valence-corrected chi connectivity index (χ1v) is 8.74. The maximum atomic E-state index is 12.3. The number of benzene rings is 2. The van der Waals surface area contributed by atoms with Gasteiger partial charge in [0.05, 0.1) is 11.8 Å². The van der Waals surface area contributed by atoms with E-state index in [0.717, 1.165) is 0 Å². The standard InChI is InChI=1S/C21H20N2O5/c24-18-9-5-4-8-17(18)20(25)22-11-12-23-21(26)19-15(10-13-27-19)14-28-16-6-2-1-3-7-16/h1-10,13,24H,11-12,14H2,(H,22,25)(H,23,26). The SMILES string of the molecule is O=C(NCCNC(=O)c1occc1COc1ccccc1)c1ccccc1O. The number of nitrogens with one attached hydrogen (secondary N) is 2. The molecule has 3 rings (SSSR count). The van der Waals surface area contributed by atoms with E-state index in [1.807, 2.05) is 30.3 Å². The van der Waals surface area contributed by atoms with E-state index >= 15 is 0 Å². The summed E-state index contributed by atoms with van der Waals surface area (Å²) in [7, 11) is 0. The lowest BCUT2D eigenvalue weighted by Gasteiger charge is -2.09. The number of rotatable bonds is 8. The molecule has 0 aliphatic heterocycles. The molecule has 2 aromatic carbocycles. The van der Waals surface area contributed by atoms with Crippen LogP contribution in [0.25, 0.3) is 0 Å². The number of hydrogen-bond donors (Lipinski definition) is 3. The molecule has 1 aromatic heterocycles. The second-order valence-corrected chi connectivity index (χ2v) is 5.91. The lowest BCUT2D eigenvalue weighted by Crippen LogP contribution is -2.34. The van der Waals surface area contributed by atoms with Crippen LogP contribution >= 0.6 is 0 Å². The minimum Gasteiger partial charge on any atom is -0.507 e. The number of phenols is 1. The molecule has 0 spiro atoms. The zero-order valence-electron chi connectivity index (χ0n) is 15.1. The zero-order valence-corrected chi connectivity index (χ0v) is 15.1. The first-order valence-electron chi connectivity index (χ1n) is 8.74. The molecule has 0 aliphatic rings. The molecule has 0 aliphatic carbocycles. The van der Waals surface area contributed by atoms with E-state index in [0.29, 0.717) is 11.3 Å². The predicted octanol–water partition coefficient (Wildman–Crippen LogP) is 2.72. The van der Waals surface area contributed by atoms with Crippen LogP contribution in [0, 0.1) is 0 Å². The Morgan fingerprint density at radius 1 is 0.893 bits per heavy atom. The third-order valence-electron chi connectivity index (χ3n) is 3.94. The molecule has 2 amide bonds. The Morgan fingerprint density at radius 2 is 1.57 bits per heavy atom. The van der Waals surface area contributed by atoms with E-state index in [1.165, 1.54) is 18.4 Å². The summed E-state index contributed by atoms with van der Waals surface area (Å²) in [5, 5.41) is 15.0. The molecule has 1 heterocycles. The largest absolute Gasteiger partial charge is 0.507 e. The van der Waals surface area contributed by atoms with Crippen molar-refractivity contribution in [1.82, 2.24) is 10.6 Å². The first kappa shape index (κ1) is 19.0. The maximum absolute atomic E-state index is 12.3. The maximum Gasteiger partial charge on any atom is 0.287 e. The molecule has 0 saturated carbocycles. The molecular weight excluding hydrogens is 360 g/mol. The van der Waals surface area contributed by atoms with E-state index < -0.39 is 11.8 Å². The normalized spacial score (nSPS) is 10.3. The Bertz CT molecular complexity index is 937. The van der Waals surface area contributed by atoms with E-state index in [4.69, 9.17) is 9.15 Å². The number of aromatic hydroxyl groups is 1. The van der Waals surface area contributed by atoms with Crippen LogP contribution in [0.4, 0.5) is 0 Å². The summed E-state index contributed by atoms with van der Waals surface area (Å²) >= 11 is 0. The Balaban J connectivity index is 1.46. The van der Waals surface area contributed by atoms with Crippen molar-refractivity contribution < 1.29 is 23.8 Å². The molecule has 0 fully saturated rings. The molecule has 7 heteroatoms. The van der Waals surface area contributed by atoms with Crippen LogP contribution in [-0.4, -0.2) is 30.0 Å². The van der Waals surface area contributed by atoms with Gasteiger partial charge >= 0.3 is 0 Å². The van der Waals surface area contributed by atoms with E-state index in [-0.39, 0.29) is 36.8 Å². The third kappa shape index (κ3) is 4.91. The van der Waals surface area contributed by atoms with Crippen LogP contribution in [0.2, 0.25) is 0 Å². The summed E-state index contributed by atoms with van der Waals surface area (Å²) in [6.07, 6.45) is 1.43. The number of phenolic OH excluding ortho intramolecular Hbond substituents is 1. The Kier molecular flexibility index (Phi) is 6.30. The van der Waals surface area contributed by atoms with Crippen molar-refractivity contribution in [3.05, 3.63) is 83.8 Å². The van der Waals surface area contributed by atoms with Gasteiger partial charge in [0.15, 0.2) is 5.76 Å². The smallest absolute Gasteiger partial charge is 0.287 e. The summed E-state index contributed by atoms with van der Waals surface area (Å²) in [5.41, 5.74) is 0.805. The van der Waals surface area contributed by atoms with Gasteiger partial charge in [-0.3, -0.25) is 9.59 Å². The van der Waals surface area contributed by atoms with Crippen molar-refractivity contribution in [2.24, 2.45) is 0 Å². The summed E-state index contributed by atoms with van der Waals surface area (Å²) in [6, 6.07) is 17.2. The van der Waals surface area contributed by atoms with Gasteiger partial charge in [-0.15, -0.1) is 0 Å². The fourth-order valence-corrected chi connectivity index (χ4v) is 2.52. The van der Waals surface area contributed by atoms with Crippen molar-refractivity contribution in [3.8, 4) is 11.5 Å². The van der Waals surface area contributed by atoms with Crippen molar-refractivity contribution in [2.75, 3.05) is 13.1 Å². The Labute approximate surface area is 161 Å². The molecule has 0 atom stereocenters. The molecule has 7 nitrogen and oxygen atoms in total. The number of para-hydroxylation sites is 2. The number of carbonyl (C=O) groups excluding carboxylic acids is 2. The van der Waals surface area contributed by atoms with Crippen molar-refractivity contribution in [3.63, 3.8) is 0 Å². The minimum absolute atomic E-state index is 0.0947.